The van der Waals surface area contributed by atoms with Gasteiger partial charge in [-0.1, -0.05) is 0 Å². The van der Waals surface area contributed by atoms with E-state index in [0.717, 1.165) is 47.6 Å². The molecule has 23 heavy (non-hydrogen) atoms. The van der Waals surface area contributed by atoms with Crippen LogP contribution in [0, 0.1) is 35.5 Å². The van der Waals surface area contributed by atoms with Crippen LogP contribution >= 0.6 is 23.2 Å². The van der Waals surface area contributed by atoms with Crippen molar-refractivity contribution in [1.82, 2.24) is 5.32 Å². The van der Waals surface area contributed by atoms with Crippen LogP contribution in [0.3, 0.4) is 0 Å². The van der Waals surface area contributed by atoms with Gasteiger partial charge in [0.1, 0.15) is 0 Å². The summed E-state index contributed by atoms with van der Waals surface area (Å²) in [4.78, 5) is 0.359. The molecule has 1 N–H and O–H groups in total. The van der Waals surface area contributed by atoms with E-state index < -0.39 is 0 Å². The normalized spacial score (nSPS) is 65.5. The molecule has 0 spiro atoms. The Morgan fingerprint density at radius 2 is 0.913 bits per heavy atom. The van der Waals surface area contributed by atoms with Gasteiger partial charge in [0.25, 0.3) is 0 Å². The van der Waals surface area contributed by atoms with Crippen LogP contribution < -0.4 is 5.32 Å². The van der Waals surface area contributed by atoms with Crippen molar-refractivity contribution in [1.29, 1.82) is 0 Å². The molecule has 0 radical (unpaired) electrons. The lowest BCUT2D eigenvalue weighted by Crippen LogP contribution is -2.66. The summed E-state index contributed by atoms with van der Waals surface area (Å²) in [7, 11) is 0. The van der Waals surface area contributed by atoms with Crippen molar-refractivity contribution in [3.63, 3.8) is 0 Å². The molecule has 0 amide bonds. The summed E-state index contributed by atoms with van der Waals surface area (Å²) in [6.45, 7) is 0. The second-order valence-electron chi connectivity index (χ2n) is 10.5. The predicted molar refractivity (Wildman–Crippen MR) is 95.0 cm³/mol. The molecule has 0 aliphatic heterocycles. The number of hydrogen-bond donors (Lipinski definition) is 1. The smallest absolute Gasteiger partial charge is 0.0456 e. The van der Waals surface area contributed by atoms with Gasteiger partial charge in [-0.15, -0.1) is 23.2 Å². The third kappa shape index (κ3) is 2.15. The zero-order valence-corrected chi connectivity index (χ0v) is 15.5. The topological polar surface area (TPSA) is 12.0 Å². The fourth-order valence-corrected chi connectivity index (χ4v) is 9.85. The van der Waals surface area contributed by atoms with Crippen molar-refractivity contribution in [2.75, 3.05) is 0 Å². The average molecular weight is 354 g/mol. The van der Waals surface area contributed by atoms with Crippen LogP contribution in [0.2, 0.25) is 0 Å². The lowest BCUT2D eigenvalue weighted by atomic mass is 9.51. The minimum atomic E-state index is 0.180. The van der Waals surface area contributed by atoms with E-state index in [1.165, 1.54) is 64.2 Å². The molecule has 8 aliphatic carbocycles. The van der Waals surface area contributed by atoms with Gasteiger partial charge >= 0.3 is 0 Å². The van der Waals surface area contributed by atoms with Crippen LogP contribution in [0.4, 0.5) is 0 Å². The first kappa shape index (κ1) is 14.7. The molecule has 0 aromatic rings. The molecule has 128 valence electrons. The largest absolute Gasteiger partial charge is 0.310 e. The molecule has 0 aromatic heterocycles. The highest BCUT2D eigenvalue weighted by Gasteiger charge is 2.58. The first-order chi connectivity index (χ1) is 11.0. The molecule has 0 heterocycles. The third-order valence-electron chi connectivity index (χ3n) is 8.78. The van der Waals surface area contributed by atoms with Crippen LogP contribution in [-0.4, -0.2) is 21.8 Å². The molecule has 8 bridgehead atoms. The maximum Gasteiger partial charge on any atom is 0.0456 e. The quantitative estimate of drug-likeness (QED) is 0.692. The van der Waals surface area contributed by atoms with E-state index in [-0.39, 0.29) is 9.75 Å². The molecule has 6 unspecified atom stereocenters. The lowest BCUT2D eigenvalue weighted by molar-refractivity contribution is -0.0458. The van der Waals surface area contributed by atoms with Crippen LogP contribution in [0.1, 0.15) is 64.2 Å². The lowest BCUT2D eigenvalue weighted by Gasteiger charge is -2.62. The van der Waals surface area contributed by atoms with Crippen LogP contribution in [-0.2, 0) is 0 Å². The summed E-state index contributed by atoms with van der Waals surface area (Å²) >= 11 is 13.9. The van der Waals surface area contributed by atoms with Gasteiger partial charge in [0.05, 0.1) is 0 Å². The summed E-state index contributed by atoms with van der Waals surface area (Å²) in [5, 5.41) is 4.26. The van der Waals surface area contributed by atoms with Gasteiger partial charge in [-0.3, -0.25) is 0 Å². The number of halogens is 2. The van der Waals surface area contributed by atoms with Gasteiger partial charge < -0.3 is 5.32 Å². The summed E-state index contributed by atoms with van der Waals surface area (Å²) in [6, 6.07) is 1.54. The molecule has 3 heteroatoms. The third-order valence-corrected chi connectivity index (χ3v) is 9.71. The van der Waals surface area contributed by atoms with E-state index >= 15 is 0 Å². The molecular weight excluding hydrogens is 325 g/mol. The summed E-state index contributed by atoms with van der Waals surface area (Å²) in [6.07, 6.45) is 13.5. The predicted octanol–water partition coefficient (Wildman–Crippen LogP) is 4.95. The van der Waals surface area contributed by atoms with Crippen molar-refractivity contribution < 1.29 is 0 Å². The van der Waals surface area contributed by atoms with Gasteiger partial charge in [0, 0.05) is 21.8 Å². The summed E-state index contributed by atoms with van der Waals surface area (Å²) in [5.74, 6) is 5.32. The Hall–Kier alpha value is 0.540. The summed E-state index contributed by atoms with van der Waals surface area (Å²) in [5.41, 5.74) is 0. The van der Waals surface area contributed by atoms with Crippen LogP contribution in [0.15, 0.2) is 0 Å². The Labute approximate surface area is 150 Å². The molecule has 8 saturated carbocycles. The average Bonchev–Trinajstić information content (AvgIpc) is 2.41. The number of alkyl halides is 2. The van der Waals surface area contributed by atoms with E-state index in [1.807, 2.05) is 0 Å². The fourth-order valence-electron chi connectivity index (χ4n) is 8.62. The maximum atomic E-state index is 6.93. The van der Waals surface area contributed by atoms with E-state index in [1.54, 1.807) is 0 Å². The Morgan fingerprint density at radius 1 is 0.565 bits per heavy atom. The van der Waals surface area contributed by atoms with Gasteiger partial charge in [-0.05, 0) is 99.7 Å². The highest BCUT2D eigenvalue weighted by molar-refractivity contribution is 6.24. The molecule has 10 atom stereocenters. The van der Waals surface area contributed by atoms with E-state index in [9.17, 15) is 0 Å². The monoisotopic (exact) mass is 353 g/mol. The van der Waals surface area contributed by atoms with Crippen molar-refractivity contribution in [2.45, 2.75) is 86.0 Å². The molecule has 8 rings (SSSR count). The SMILES string of the molecule is ClC12CC3C[C@H](C1)C(NC1[C@@H]4CC5C[C@H]1CC(Cl)(C5)C4)[C@@H](C3)C2. The van der Waals surface area contributed by atoms with Crippen molar-refractivity contribution >= 4 is 23.2 Å². The zero-order chi connectivity index (χ0) is 15.4. The second kappa shape index (κ2) is 4.63. The molecule has 8 aliphatic rings. The van der Waals surface area contributed by atoms with Crippen LogP contribution in [0.5, 0.6) is 0 Å². The molecule has 1 nitrogen and oxygen atoms in total. The Balaban J connectivity index is 1.24. The van der Waals surface area contributed by atoms with E-state index in [4.69, 9.17) is 23.2 Å². The first-order valence-corrected chi connectivity index (χ1v) is 10.9. The standard InChI is InChI=1S/C20H29Cl2N/c21-19-5-11-1-13(7-19)17(14(2-11)8-19)23-18-15-3-12-4-16(18)10-20(22,6-12)9-15/h11-18,23H,1-10H2/t11?,12?,13-,14+,15-,16+,17?,18?,19?,20?. The molecule has 0 saturated heterocycles. The highest BCUT2D eigenvalue weighted by Crippen LogP contribution is 2.61. The van der Waals surface area contributed by atoms with Gasteiger partial charge in [0.15, 0.2) is 0 Å². The Morgan fingerprint density at radius 3 is 1.22 bits per heavy atom. The Bertz CT molecular complexity index is 456. The maximum absolute atomic E-state index is 6.93. The van der Waals surface area contributed by atoms with Gasteiger partial charge in [0.2, 0.25) is 0 Å². The minimum absolute atomic E-state index is 0.180. The molecule has 0 aromatic carbocycles. The number of nitrogens with one attached hydrogen (secondary N) is 1. The van der Waals surface area contributed by atoms with Crippen LogP contribution in [0.25, 0.3) is 0 Å². The van der Waals surface area contributed by atoms with Crippen molar-refractivity contribution in [3.05, 3.63) is 0 Å². The van der Waals surface area contributed by atoms with E-state index in [0.29, 0.717) is 0 Å². The van der Waals surface area contributed by atoms with Gasteiger partial charge in [-0.2, -0.15) is 0 Å². The first-order valence-electron chi connectivity index (χ1n) is 10.1. The summed E-state index contributed by atoms with van der Waals surface area (Å²) < 4.78 is 0. The number of rotatable bonds is 2. The second-order valence-corrected chi connectivity index (χ2v) is 12.1. The van der Waals surface area contributed by atoms with Gasteiger partial charge in [-0.25, -0.2) is 0 Å². The molecular formula is C20H29Cl2N. The van der Waals surface area contributed by atoms with Crippen molar-refractivity contribution in [3.8, 4) is 0 Å². The molecule has 8 fully saturated rings. The minimum Gasteiger partial charge on any atom is -0.310 e. The van der Waals surface area contributed by atoms with Crippen molar-refractivity contribution in [2.24, 2.45) is 35.5 Å². The fraction of sp³-hybridized carbons (Fsp3) is 1.00. The zero-order valence-electron chi connectivity index (χ0n) is 13.9. The number of hydrogen-bond acceptors (Lipinski definition) is 1. The highest BCUT2D eigenvalue weighted by atomic mass is 35.5. The Kier molecular flexibility index (Phi) is 2.95. The van der Waals surface area contributed by atoms with E-state index in [2.05, 4.69) is 5.32 Å².